The fourth-order valence-electron chi connectivity index (χ4n) is 12.3. The molecule has 11 heterocycles. The van der Waals surface area contributed by atoms with Crippen molar-refractivity contribution in [2.24, 2.45) is 5.73 Å². The summed E-state index contributed by atoms with van der Waals surface area (Å²) in [5, 5.41) is 56.5. The molecule has 6 aliphatic rings. The average molecular weight is 1670 g/mol. The third kappa shape index (κ3) is 23.6. The largest absolute Gasteiger partial charge is 0.468 e. The lowest BCUT2D eigenvalue weighted by Crippen LogP contribution is -2.46. The number of ether oxygens (including phenoxy) is 1. The van der Waals surface area contributed by atoms with Crippen molar-refractivity contribution in [1.29, 1.82) is 10.5 Å². The van der Waals surface area contributed by atoms with Crippen molar-refractivity contribution in [3.63, 3.8) is 0 Å². The van der Waals surface area contributed by atoms with Crippen LogP contribution >= 0.6 is 46.4 Å². The Morgan fingerprint density at radius 1 is 0.605 bits per heavy atom. The van der Waals surface area contributed by atoms with Crippen LogP contribution in [-0.2, 0) is 43.3 Å². The number of carbonyl (C=O) groups is 4. The normalized spacial score (nSPS) is 18.0. The highest BCUT2D eigenvalue weighted by atomic mass is 35.5. The number of nitrogens with two attached hydrogens (primary N) is 1. The van der Waals surface area contributed by atoms with Crippen LogP contribution in [-0.4, -0.2) is 185 Å². The number of nitriles is 2. The van der Waals surface area contributed by atoms with Gasteiger partial charge in [-0.25, -0.2) is 51.3 Å². The van der Waals surface area contributed by atoms with E-state index in [1.165, 1.54) is 37.3 Å². The van der Waals surface area contributed by atoms with Gasteiger partial charge >= 0.3 is 11.7 Å². The number of likely N-dealkylation sites (N-methyl/N-ethyl adjacent to an activating group) is 4. The number of aromatic amines is 1. The quantitative estimate of drug-likeness (QED) is 0.0147. The Hall–Kier alpha value is -10.5. The Labute approximate surface area is 671 Å². The number of H-pyrrole nitrogens is 1. The number of anilines is 6. The van der Waals surface area contributed by atoms with Crippen LogP contribution in [0.2, 0.25) is 21.0 Å². The summed E-state index contributed by atoms with van der Waals surface area (Å²) in [6.45, 7) is 15.1. The number of nitrogens with zero attached hydrogens (tertiary/aromatic N) is 21. The second-order valence-electron chi connectivity index (χ2n) is 26.8. The van der Waals surface area contributed by atoms with Gasteiger partial charge < -0.3 is 46.4 Å². The molecule has 44 heteroatoms. The number of rotatable bonds is 14. The minimum absolute atomic E-state index is 0.0217. The molecule has 0 unspecified atom stereocenters. The Kier molecular flexibility index (Phi) is 31.8. The zero-order valence-electron chi connectivity index (χ0n) is 64.5. The zero-order chi connectivity index (χ0) is 84.4. The first kappa shape index (κ1) is 90.7. The van der Waals surface area contributed by atoms with Crippen molar-refractivity contribution in [1.82, 2.24) is 84.7 Å². The lowest BCUT2D eigenvalue weighted by molar-refractivity contribution is -0.385. The van der Waals surface area contributed by atoms with E-state index in [1.54, 1.807) is 55.0 Å². The second kappa shape index (κ2) is 40.0. The molecule has 0 aromatic carbocycles. The van der Waals surface area contributed by atoms with Crippen molar-refractivity contribution < 1.29 is 55.2 Å². The number of hydrogen-bond donors (Lipinski definition) is 6. The van der Waals surface area contributed by atoms with E-state index in [-0.39, 0.29) is 137 Å². The molecule has 0 spiro atoms. The number of alkyl halides is 6. The van der Waals surface area contributed by atoms with E-state index < -0.39 is 22.7 Å². The summed E-state index contributed by atoms with van der Waals surface area (Å²) in [7, 11) is 8.69. The number of esters is 1. The molecular formula is C70H87Cl4F6N27O7. The molecule has 8 aromatic rings. The van der Waals surface area contributed by atoms with Gasteiger partial charge in [0.1, 0.15) is 64.9 Å². The topological polar surface area (TPSA) is 437 Å². The maximum Gasteiger partial charge on any atom is 0.327 e. The van der Waals surface area contributed by atoms with Crippen molar-refractivity contribution in [3.8, 4) is 12.1 Å². The molecule has 614 valence electrons. The van der Waals surface area contributed by atoms with Gasteiger partial charge in [-0.05, 0) is 107 Å². The van der Waals surface area contributed by atoms with E-state index in [4.69, 9.17) is 62.7 Å². The van der Waals surface area contributed by atoms with Crippen LogP contribution in [0, 0.1) is 60.5 Å². The molecule has 3 fully saturated rings. The number of methoxy groups -OCH3 is 1. The molecular weight excluding hydrogens is 1590 g/mol. The number of carbonyl (C=O) groups excluding carboxylic acids is 4. The van der Waals surface area contributed by atoms with Crippen LogP contribution in [0.4, 0.5) is 66.5 Å². The highest BCUT2D eigenvalue weighted by Crippen LogP contribution is 2.47. The molecule has 14 rings (SSSR count). The number of nitro groups is 1. The SMILES string of the molecule is CC[C@H](NC)C(=O)OC.CC[C@H]1C(=O)Nc2c(C)nc(CCc3cnn(C4CC(F)(F)C4)c3)nc2N1C.CC[C@H]1C(=O)Nc2c(C)nc(Cl)nc2N1C.CC[C@H]1C(=O)Nc2c(C)nc(Cl)nc2N1C.Cc1nc(Cl)nc(Cl)c1[N+](=O)[O-].N#Cc1cn[nH]c1.N#Cc1cnn(C2CC(F)(F)C2)c1.NCc1cnn(C2CC(F)(F)C2)c1. The van der Waals surface area contributed by atoms with E-state index in [2.05, 4.69) is 91.4 Å². The monoisotopic (exact) mass is 1670 g/mol. The molecule has 3 saturated carbocycles. The third-order valence-electron chi connectivity index (χ3n) is 18.7. The lowest BCUT2D eigenvalue weighted by Gasteiger charge is -2.34. The average Bonchev–Trinajstić information content (AvgIpc) is 0.955. The van der Waals surface area contributed by atoms with Crippen molar-refractivity contribution in [2.75, 3.05) is 66.0 Å². The zero-order valence-corrected chi connectivity index (χ0v) is 67.5. The molecule has 7 N–H and O–H groups in total. The molecule has 8 aromatic heterocycles. The predicted molar refractivity (Wildman–Crippen MR) is 412 cm³/mol. The van der Waals surface area contributed by atoms with E-state index in [0.29, 0.717) is 82.8 Å². The summed E-state index contributed by atoms with van der Waals surface area (Å²) in [5.41, 5.74) is 12.2. The van der Waals surface area contributed by atoms with Crippen LogP contribution in [0.25, 0.3) is 0 Å². The lowest BCUT2D eigenvalue weighted by atomic mass is 9.88. The number of hydrogen-bond acceptors (Lipinski definition) is 26. The molecule has 3 aliphatic heterocycles. The van der Waals surface area contributed by atoms with E-state index in [9.17, 15) is 55.6 Å². The predicted octanol–water partition coefficient (Wildman–Crippen LogP) is 11.6. The smallest absolute Gasteiger partial charge is 0.327 e. The third-order valence-corrected chi connectivity index (χ3v) is 19.5. The van der Waals surface area contributed by atoms with Crippen LogP contribution in [0.15, 0.2) is 49.6 Å². The van der Waals surface area contributed by atoms with Crippen molar-refractivity contribution in [3.05, 3.63) is 132 Å². The number of amides is 3. The standard InChI is InChI=1S/C19H24F2N6O.2C10H13ClN4O.C8H11F2N3.C8H7F2N3.C6H13NO2.C5H3Cl2N3O2.C4H3N3/c1-4-14-18(28)25-16-11(2)23-15(24-17(16)26(14)3)6-5-12-9-22-27(10-12)13-7-19(20,21)8-13;2*1-4-6-9(16)13-7-5(2)12-10(11)14-8(7)15(6)3;2*9-8(10)1-7(2-8)13-5-6(3-11)4-12-13;1-4-5(7-2)6(8)9-3;1-2-3(10(11)12)4(6)9-5(7)8-2;5-1-4-2-6-7-3-4/h9-10,13-14H,4-8H2,1-3H3,(H,25,28);2*6H,4H2,1-3H3,(H,13,16);4-5,7H,1-3,11H2;4-5,7H,1-2H2;5,7H,4H2,1-3H3;1H3;2-3H,(H,6,7)/t14-;2*6-;;;5-;;/m000..0../s1. The van der Waals surface area contributed by atoms with Gasteiger partial charge in [0.2, 0.25) is 38.7 Å². The van der Waals surface area contributed by atoms with Gasteiger partial charge in [0.05, 0.1) is 83.2 Å². The van der Waals surface area contributed by atoms with Gasteiger partial charge in [0.25, 0.3) is 17.8 Å². The van der Waals surface area contributed by atoms with Crippen LogP contribution in [0.3, 0.4) is 0 Å². The summed E-state index contributed by atoms with van der Waals surface area (Å²) in [6.07, 6.45) is 16.2. The molecule has 0 radical (unpaired) electrons. The van der Waals surface area contributed by atoms with Gasteiger partial charge in [-0.15, -0.1) is 0 Å². The number of aromatic nitrogens is 16. The molecule has 0 saturated heterocycles. The van der Waals surface area contributed by atoms with Gasteiger partial charge in [0.15, 0.2) is 17.5 Å². The molecule has 3 amide bonds. The fourth-order valence-corrected chi connectivity index (χ4v) is 13.2. The summed E-state index contributed by atoms with van der Waals surface area (Å²) in [4.78, 5) is 94.3. The highest BCUT2D eigenvalue weighted by molar-refractivity contribution is 6.33. The summed E-state index contributed by atoms with van der Waals surface area (Å²) in [5.74, 6) is -5.05. The van der Waals surface area contributed by atoms with E-state index >= 15 is 0 Å². The van der Waals surface area contributed by atoms with Gasteiger partial charge in [-0.2, -0.15) is 45.9 Å². The minimum atomic E-state index is -2.55. The van der Waals surface area contributed by atoms with Crippen LogP contribution in [0.5, 0.6) is 0 Å². The maximum absolute atomic E-state index is 13.0. The fraction of sp³-hybridized carbons (Fsp3) is 0.514. The van der Waals surface area contributed by atoms with Crippen LogP contribution in [0.1, 0.15) is 161 Å². The molecule has 34 nitrogen and oxygen atoms in total. The first-order valence-electron chi connectivity index (χ1n) is 35.7. The van der Waals surface area contributed by atoms with Gasteiger partial charge in [-0.1, -0.05) is 39.3 Å². The van der Waals surface area contributed by atoms with Crippen molar-refractivity contribution >= 4 is 110 Å². The Balaban J connectivity index is 0.000000187. The Morgan fingerprint density at radius 2 is 1.00 bits per heavy atom. The molecule has 114 heavy (non-hydrogen) atoms. The first-order chi connectivity index (χ1) is 53.8. The van der Waals surface area contributed by atoms with E-state index in [1.807, 2.05) is 88.8 Å². The second-order valence-corrected chi connectivity index (χ2v) is 28.2. The molecule has 3 aliphatic carbocycles. The molecule has 0 bridgehead atoms. The number of nitrogens with one attached hydrogen (secondary N) is 5. The first-order valence-corrected chi connectivity index (χ1v) is 37.2. The maximum atomic E-state index is 13.0. The number of aryl methyl sites for hydroxylation is 6. The number of halogens is 10. The van der Waals surface area contributed by atoms with Gasteiger partial charge in [0, 0.05) is 103 Å². The summed E-state index contributed by atoms with van der Waals surface area (Å²) < 4.78 is 85.2. The number of fused-ring (bicyclic) bond motifs is 3. The Morgan fingerprint density at radius 3 is 1.33 bits per heavy atom. The highest BCUT2D eigenvalue weighted by Gasteiger charge is 2.49. The van der Waals surface area contributed by atoms with Crippen molar-refractivity contribution in [2.45, 2.75) is 199 Å². The Bertz CT molecular complexity index is 4640. The van der Waals surface area contributed by atoms with E-state index in [0.717, 1.165) is 41.9 Å². The van der Waals surface area contributed by atoms with Crippen LogP contribution < -0.4 is 41.7 Å². The summed E-state index contributed by atoms with van der Waals surface area (Å²) in [6, 6.07) is 2.44. The van der Waals surface area contributed by atoms with Gasteiger partial charge in [-0.3, -0.25) is 48.4 Å². The molecule has 4 atom stereocenters. The minimum Gasteiger partial charge on any atom is -0.468 e. The summed E-state index contributed by atoms with van der Waals surface area (Å²) >= 11 is 22.5.